The number of nitrogens with zero attached hydrogens (tertiary/aromatic N) is 2. The lowest BCUT2D eigenvalue weighted by atomic mass is 10.0. The van der Waals surface area contributed by atoms with E-state index in [1.807, 2.05) is 6.33 Å². The Kier molecular flexibility index (Phi) is 2.36. The highest BCUT2D eigenvalue weighted by Crippen LogP contribution is 2.23. The third kappa shape index (κ3) is 1.61. The smallest absolute Gasteiger partial charge is 0.0949 e. The van der Waals surface area contributed by atoms with E-state index in [0.717, 1.165) is 6.54 Å². The van der Waals surface area contributed by atoms with E-state index in [1.165, 1.54) is 30.7 Å². The first-order valence-electron chi connectivity index (χ1n) is 5.00. The molecule has 0 spiro atoms. The van der Waals surface area contributed by atoms with Gasteiger partial charge in [0.1, 0.15) is 0 Å². The van der Waals surface area contributed by atoms with Crippen LogP contribution in [0.25, 0.3) is 0 Å². The second kappa shape index (κ2) is 3.50. The first kappa shape index (κ1) is 8.75. The molecule has 1 aromatic rings. The van der Waals surface area contributed by atoms with E-state index < -0.39 is 0 Å². The molecule has 1 saturated heterocycles. The molecule has 1 unspecified atom stereocenters. The molecular formula is C10H17N3. The van der Waals surface area contributed by atoms with Gasteiger partial charge in [0, 0.05) is 12.7 Å². The number of hydrogen-bond acceptors (Lipinski definition) is 2. The van der Waals surface area contributed by atoms with Gasteiger partial charge in [0.15, 0.2) is 0 Å². The Morgan fingerprint density at radius 2 is 2.38 bits per heavy atom. The molecule has 1 aliphatic rings. The first-order valence-corrected chi connectivity index (χ1v) is 5.00. The van der Waals surface area contributed by atoms with Gasteiger partial charge in [-0.3, -0.25) is 0 Å². The van der Waals surface area contributed by atoms with E-state index in [2.05, 4.69) is 28.8 Å². The normalized spacial score (nSPS) is 23.4. The van der Waals surface area contributed by atoms with Crippen molar-refractivity contribution in [1.29, 1.82) is 0 Å². The Morgan fingerprint density at radius 3 is 2.92 bits per heavy atom. The molecule has 0 saturated carbocycles. The lowest BCUT2D eigenvalue weighted by Crippen LogP contribution is -2.27. The Labute approximate surface area is 79.2 Å². The average Bonchev–Trinajstić information content (AvgIpc) is 2.49. The van der Waals surface area contributed by atoms with Gasteiger partial charge in [0.2, 0.25) is 0 Å². The lowest BCUT2D eigenvalue weighted by molar-refractivity contribution is 0.404. The fourth-order valence-corrected chi connectivity index (χ4v) is 1.94. The van der Waals surface area contributed by atoms with Crippen LogP contribution in [-0.2, 0) is 7.05 Å². The van der Waals surface area contributed by atoms with Gasteiger partial charge >= 0.3 is 0 Å². The quantitative estimate of drug-likeness (QED) is 0.708. The number of piperidine rings is 1. The first-order chi connectivity index (χ1) is 6.29. The summed E-state index contributed by atoms with van der Waals surface area (Å²) in [5.41, 5.74) is 2.53. The van der Waals surface area contributed by atoms with Gasteiger partial charge in [-0.15, -0.1) is 0 Å². The van der Waals surface area contributed by atoms with E-state index in [0.29, 0.717) is 6.04 Å². The lowest BCUT2D eigenvalue weighted by Gasteiger charge is -2.22. The Morgan fingerprint density at radius 1 is 1.54 bits per heavy atom. The predicted octanol–water partition coefficient (Wildman–Crippen LogP) is 1.54. The molecule has 13 heavy (non-hydrogen) atoms. The SMILES string of the molecule is Cc1c(C2CCCCN2)ncn1C. The molecule has 1 aromatic heterocycles. The number of aryl methyl sites for hydroxylation is 1. The number of aromatic nitrogens is 2. The zero-order valence-corrected chi connectivity index (χ0v) is 8.38. The number of rotatable bonds is 1. The summed E-state index contributed by atoms with van der Waals surface area (Å²) in [5.74, 6) is 0. The van der Waals surface area contributed by atoms with Gasteiger partial charge in [-0.2, -0.15) is 0 Å². The minimum absolute atomic E-state index is 0.495. The van der Waals surface area contributed by atoms with Gasteiger partial charge in [0.05, 0.1) is 18.1 Å². The van der Waals surface area contributed by atoms with E-state index in [9.17, 15) is 0 Å². The standard InChI is InChI=1S/C10H17N3/c1-8-10(12-7-13(8)2)9-5-3-4-6-11-9/h7,9,11H,3-6H2,1-2H3. The van der Waals surface area contributed by atoms with Crippen LogP contribution in [0.1, 0.15) is 36.7 Å². The Bertz CT molecular complexity index is 284. The van der Waals surface area contributed by atoms with Crippen molar-refractivity contribution in [1.82, 2.24) is 14.9 Å². The minimum atomic E-state index is 0.495. The molecule has 72 valence electrons. The number of hydrogen-bond donors (Lipinski definition) is 1. The van der Waals surface area contributed by atoms with Crippen LogP contribution in [0.2, 0.25) is 0 Å². The van der Waals surface area contributed by atoms with Crippen molar-refractivity contribution in [2.75, 3.05) is 6.54 Å². The van der Waals surface area contributed by atoms with Crippen LogP contribution < -0.4 is 5.32 Å². The van der Waals surface area contributed by atoms with Gasteiger partial charge in [0.25, 0.3) is 0 Å². The molecule has 1 N–H and O–H groups in total. The van der Waals surface area contributed by atoms with E-state index in [-0.39, 0.29) is 0 Å². The largest absolute Gasteiger partial charge is 0.338 e. The third-order valence-corrected chi connectivity index (χ3v) is 2.91. The van der Waals surface area contributed by atoms with Crippen LogP contribution in [0.3, 0.4) is 0 Å². The summed E-state index contributed by atoms with van der Waals surface area (Å²) in [6, 6.07) is 0.495. The molecular weight excluding hydrogens is 162 g/mol. The maximum absolute atomic E-state index is 4.44. The molecule has 2 heterocycles. The number of nitrogens with one attached hydrogen (secondary N) is 1. The van der Waals surface area contributed by atoms with E-state index in [1.54, 1.807) is 0 Å². The highest BCUT2D eigenvalue weighted by Gasteiger charge is 2.18. The van der Waals surface area contributed by atoms with Crippen LogP contribution in [0.5, 0.6) is 0 Å². The summed E-state index contributed by atoms with van der Waals surface area (Å²) in [7, 11) is 2.05. The Balaban J connectivity index is 2.18. The van der Waals surface area contributed by atoms with E-state index in [4.69, 9.17) is 0 Å². The maximum atomic E-state index is 4.44. The molecule has 3 heteroatoms. The highest BCUT2D eigenvalue weighted by atomic mass is 15.1. The maximum Gasteiger partial charge on any atom is 0.0949 e. The third-order valence-electron chi connectivity index (χ3n) is 2.91. The average molecular weight is 179 g/mol. The zero-order chi connectivity index (χ0) is 9.26. The molecule has 3 nitrogen and oxygen atoms in total. The topological polar surface area (TPSA) is 29.9 Å². The second-order valence-corrected chi connectivity index (χ2v) is 3.83. The van der Waals surface area contributed by atoms with Crippen LogP contribution in [0, 0.1) is 6.92 Å². The van der Waals surface area contributed by atoms with Crippen molar-refractivity contribution in [2.45, 2.75) is 32.2 Å². The van der Waals surface area contributed by atoms with Crippen LogP contribution in [-0.4, -0.2) is 16.1 Å². The summed E-state index contributed by atoms with van der Waals surface area (Å²) in [4.78, 5) is 4.44. The van der Waals surface area contributed by atoms with Crippen LogP contribution >= 0.6 is 0 Å². The van der Waals surface area contributed by atoms with Gasteiger partial charge < -0.3 is 9.88 Å². The van der Waals surface area contributed by atoms with Crippen molar-refractivity contribution < 1.29 is 0 Å². The van der Waals surface area contributed by atoms with Crippen molar-refractivity contribution >= 4 is 0 Å². The second-order valence-electron chi connectivity index (χ2n) is 3.83. The molecule has 0 aliphatic carbocycles. The Hall–Kier alpha value is -0.830. The van der Waals surface area contributed by atoms with E-state index >= 15 is 0 Å². The minimum Gasteiger partial charge on any atom is -0.338 e. The molecule has 1 fully saturated rings. The van der Waals surface area contributed by atoms with Crippen LogP contribution in [0.4, 0.5) is 0 Å². The fraction of sp³-hybridized carbons (Fsp3) is 0.700. The van der Waals surface area contributed by atoms with Crippen LogP contribution in [0.15, 0.2) is 6.33 Å². The molecule has 1 atom stereocenters. The van der Waals surface area contributed by atoms with Crippen molar-refractivity contribution in [2.24, 2.45) is 7.05 Å². The zero-order valence-electron chi connectivity index (χ0n) is 8.38. The molecule has 2 rings (SSSR count). The van der Waals surface area contributed by atoms with Gasteiger partial charge in [-0.25, -0.2) is 4.98 Å². The predicted molar refractivity (Wildman–Crippen MR) is 52.5 cm³/mol. The summed E-state index contributed by atoms with van der Waals surface area (Å²) in [5, 5.41) is 3.51. The summed E-state index contributed by atoms with van der Waals surface area (Å²) in [6.45, 7) is 3.28. The molecule has 0 aromatic carbocycles. The summed E-state index contributed by atoms with van der Waals surface area (Å²) in [6.07, 6.45) is 5.77. The molecule has 0 bridgehead atoms. The monoisotopic (exact) mass is 179 g/mol. The highest BCUT2D eigenvalue weighted by molar-refractivity contribution is 5.15. The molecule has 0 radical (unpaired) electrons. The number of imidazole rings is 1. The summed E-state index contributed by atoms with van der Waals surface area (Å²) < 4.78 is 2.09. The van der Waals surface area contributed by atoms with Gasteiger partial charge in [-0.05, 0) is 26.3 Å². The van der Waals surface area contributed by atoms with Gasteiger partial charge in [-0.1, -0.05) is 6.42 Å². The molecule has 1 aliphatic heterocycles. The summed E-state index contributed by atoms with van der Waals surface area (Å²) >= 11 is 0. The van der Waals surface area contributed by atoms with Crippen molar-refractivity contribution in [3.63, 3.8) is 0 Å². The van der Waals surface area contributed by atoms with Crippen molar-refractivity contribution in [3.8, 4) is 0 Å². The molecule has 0 amide bonds. The van der Waals surface area contributed by atoms with Crippen molar-refractivity contribution in [3.05, 3.63) is 17.7 Å². The fourth-order valence-electron chi connectivity index (χ4n) is 1.94.